The molecular weight excluding hydrogens is 362 g/mol. The number of amides is 2. The molecule has 29 heavy (non-hydrogen) atoms. The Morgan fingerprint density at radius 3 is 2.24 bits per heavy atom. The third-order valence-electron chi connectivity index (χ3n) is 5.55. The van der Waals surface area contributed by atoms with E-state index in [-0.39, 0.29) is 0 Å². The first-order valence-electron chi connectivity index (χ1n) is 10.5. The third-order valence-corrected chi connectivity index (χ3v) is 5.55. The molecule has 1 aliphatic rings. The van der Waals surface area contributed by atoms with Crippen molar-refractivity contribution in [3.05, 3.63) is 65.7 Å². The molecule has 0 atom stereocenters. The van der Waals surface area contributed by atoms with Crippen molar-refractivity contribution in [2.24, 2.45) is 5.92 Å². The summed E-state index contributed by atoms with van der Waals surface area (Å²) >= 11 is 0. The molecule has 0 aliphatic carbocycles. The Morgan fingerprint density at radius 2 is 1.62 bits per heavy atom. The van der Waals surface area contributed by atoms with Crippen LogP contribution in [0.15, 0.2) is 54.6 Å². The summed E-state index contributed by atoms with van der Waals surface area (Å²) < 4.78 is 0. The first kappa shape index (κ1) is 21.1. The van der Waals surface area contributed by atoms with Crippen molar-refractivity contribution < 1.29 is 9.59 Å². The van der Waals surface area contributed by atoms with E-state index in [0.717, 1.165) is 32.5 Å². The summed E-state index contributed by atoms with van der Waals surface area (Å²) in [5.74, 6) is -0.320. The van der Waals surface area contributed by atoms with Crippen LogP contribution in [0.1, 0.15) is 43.7 Å². The summed E-state index contributed by atoms with van der Waals surface area (Å²) in [7, 11) is 0. The average molecular weight is 394 g/mol. The number of benzene rings is 2. The fourth-order valence-electron chi connectivity index (χ4n) is 3.65. The summed E-state index contributed by atoms with van der Waals surface area (Å²) in [6.07, 6.45) is 2.07. The Bertz CT molecular complexity index is 795. The van der Waals surface area contributed by atoms with Crippen LogP contribution < -0.4 is 10.6 Å². The zero-order chi connectivity index (χ0) is 20.6. The van der Waals surface area contributed by atoms with Crippen molar-refractivity contribution in [1.29, 1.82) is 0 Å². The summed E-state index contributed by atoms with van der Waals surface area (Å²) in [5, 5.41) is 5.47. The molecule has 0 saturated carbocycles. The molecule has 3 rings (SSSR count). The second-order valence-electron chi connectivity index (χ2n) is 8.15. The maximum atomic E-state index is 12.1. The molecule has 5 heteroatoms. The van der Waals surface area contributed by atoms with Crippen molar-refractivity contribution >= 4 is 17.5 Å². The van der Waals surface area contributed by atoms with Crippen LogP contribution in [-0.4, -0.2) is 36.3 Å². The van der Waals surface area contributed by atoms with Crippen LogP contribution >= 0.6 is 0 Å². The third kappa shape index (κ3) is 6.43. The number of nitrogens with one attached hydrogen (secondary N) is 2. The summed E-state index contributed by atoms with van der Waals surface area (Å²) in [6, 6.07) is 18.1. The van der Waals surface area contributed by atoms with Gasteiger partial charge in [-0.2, -0.15) is 0 Å². The number of likely N-dealkylation sites (tertiary alicyclic amines) is 1. The van der Waals surface area contributed by atoms with Gasteiger partial charge < -0.3 is 10.6 Å². The first-order valence-corrected chi connectivity index (χ1v) is 10.5. The van der Waals surface area contributed by atoms with E-state index < -0.39 is 11.8 Å². The van der Waals surface area contributed by atoms with Gasteiger partial charge in [-0.1, -0.05) is 56.3 Å². The summed E-state index contributed by atoms with van der Waals surface area (Å²) in [6.45, 7) is 7.80. The maximum absolute atomic E-state index is 12.1. The van der Waals surface area contributed by atoms with Gasteiger partial charge in [-0.3, -0.25) is 14.5 Å². The molecule has 1 heterocycles. The van der Waals surface area contributed by atoms with Crippen LogP contribution in [-0.2, 0) is 16.1 Å². The molecule has 2 N–H and O–H groups in total. The van der Waals surface area contributed by atoms with Crippen LogP contribution in [0, 0.1) is 5.92 Å². The number of carbonyl (C=O) groups excluding carboxylic acids is 2. The van der Waals surface area contributed by atoms with Crippen molar-refractivity contribution in [1.82, 2.24) is 10.2 Å². The minimum Gasteiger partial charge on any atom is -0.348 e. The SMILES string of the molecule is CC(C)c1ccc(NC(=O)C(=O)NCC2CCN(Cc3ccccc3)CC2)cc1. The molecule has 0 radical (unpaired) electrons. The van der Waals surface area contributed by atoms with Gasteiger partial charge in [-0.05, 0) is 61.0 Å². The molecule has 5 nitrogen and oxygen atoms in total. The molecule has 2 amide bonds. The minimum absolute atomic E-state index is 0.420. The van der Waals surface area contributed by atoms with E-state index in [9.17, 15) is 9.59 Å². The number of hydrogen-bond acceptors (Lipinski definition) is 3. The molecule has 1 aliphatic heterocycles. The monoisotopic (exact) mass is 393 g/mol. The van der Waals surface area contributed by atoms with Crippen LogP contribution in [0.2, 0.25) is 0 Å². The predicted octanol–water partition coefficient (Wildman–Crippen LogP) is 3.78. The van der Waals surface area contributed by atoms with Crippen molar-refractivity contribution in [2.45, 2.75) is 39.2 Å². The van der Waals surface area contributed by atoms with Gasteiger partial charge >= 0.3 is 11.8 Å². The van der Waals surface area contributed by atoms with E-state index in [0.29, 0.717) is 24.1 Å². The zero-order valence-electron chi connectivity index (χ0n) is 17.4. The van der Waals surface area contributed by atoms with Crippen LogP contribution in [0.25, 0.3) is 0 Å². The highest BCUT2D eigenvalue weighted by molar-refractivity contribution is 6.39. The number of nitrogens with zero attached hydrogens (tertiary/aromatic N) is 1. The first-order chi connectivity index (χ1) is 14.0. The van der Waals surface area contributed by atoms with Gasteiger partial charge in [0.2, 0.25) is 0 Å². The fraction of sp³-hybridized carbons (Fsp3) is 0.417. The number of anilines is 1. The lowest BCUT2D eigenvalue weighted by molar-refractivity contribution is -0.136. The van der Waals surface area contributed by atoms with Crippen LogP contribution in [0.4, 0.5) is 5.69 Å². The Balaban J connectivity index is 1.37. The normalized spacial score (nSPS) is 15.3. The quantitative estimate of drug-likeness (QED) is 0.735. The second kappa shape index (κ2) is 10.2. The lowest BCUT2D eigenvalue weighted by Gasteiger charge is -2.32. The lowest BCUT2D eigenvalue weighted by atomic mass is 9.96. The topological polar surface area (TPSA) is 61.4 Å². The molecule has 154 valence electrons. The summed E-state index contributed by atoms with van der Waals surface area (Å²) in [4.78, 5) is 26.7. The van der Waals surface area contributed by atoms with E-state index in [4.69, 9.17) is 0 Å². The second-order valence-corrected chi connectivity index (χ2v) is 8.15. The van der Waals surface area contributed by atoms with E-state index >= 15 is 0 Å². The molecule has 2 aromatic rings. The molecule has 0 spiro atoms. The number of rotatable bonds is 6. The Hall–Kier alpha value is -2.66. The van der Waals surface area contributed by atoms with Crippen molar-refractivity contribution in [3.63, 3.8) is 0 Å². The Kier molecular flexibility index (Phi) is 7.42. The minimum atomic E-state index is -0.608. The largest absolute Gasteiger partial charge is 0.348 e. The van der Waals surface area contributed by atoms with Crippen molar-refractivity contribution in [3.8, 4) is 0 Å². The van der Waals surface area contributed by atoms with Crippen LogP contribution in [0.3, 0.4) is 0 Å². The molecular formula is C24H31N3O2. The van der Waals surface area contributed by atoms with Gasteiger partial charge in [0.05, 0.1) is 0 Å². The van der Waals surface area contributed by atoms with Gasteiger partial charge in [0.15, 0.2) is 0 Å². The fourth-order valence-corrected chi connectivity index (χ4v) is 3.65. The van der Waals surface area contributed by atoms with E-state index in [1.165, 1.54) is 11.1 Å². The maximum Gasteiger partial charge on any atom is 0.313 e. The highest BCUT2D eigenvalue weighted by Crippen LogP contribution is 2.19. The molecule has 2 aromatic carbocycles. The molecule has 1 fully saturated rings. The van der Waals surface area contributed by atoms with Gasteiger partial charge in [-0.25, -0.2) is 0 Å². The number of hydrogen-bond donors (Lipinski definition) is 2. The van der Waals surface area contributed by atoms with E-state index in [1.807, 2.05) is 30.3 Å². The van der Waals surface area contributed by atoms with Gasteiger partial charge in [0.1, 0.15) is 0 Å². The highest BCUT2D eigenvalue weighted by atomic mass is 16.2. The molecule has 1 saturated heterocycles. The smallest absolute Gasteiger partial charge is 0.313 e. The van der Waals surface area contributed by atoms with Gasteiger partial charge in [-0.15, -0.1) is 0 Å². The average Bonchev–Trinajstić information content (AvgIpc) is 2.74. The number of piperidine rings is 1. The standard InChI is InChI=1S/C24H31N3O2/c1-18(2)21-8-10-22(11-9-21)26-24(29)23(28)25-16-19-12-14-27(15-13-19)17-20-6-4-3-5-7-20/h3-11,18-19H,12-17H2,1-2H3,(H,25,28)(H,26,29). The molecule has 0 aromatic heterocycles. The highest BCUT2D eigenvalue weighted by Gasteiger charge is 2.21. The molecule has 0 unspecified atom stereocenters. The van der Waals surface area contributed by atoms with E-state index in [2.05, 4.69) is 53.6 Å². The van der Waals surface area contributed by atoms with Gasteiger partial charge in [0.25, 0.3) is 0 Å². The lowest BCUT2D eigenvalue weighted by Crippen LogP contribution is -2.41. The Morgan fingerprint density at radius 1 is 0.966 bits per heavy atom. The zero-order valence-corrected chi connectivity index (χ0v) is 17.4. The van der Waals surface area contributed by atoms with E-state index in [1.54, 1.807) is 0 Å². The van der Waals surface area contributed by atoms with Gasteiger partial charge in [0, 0.05) is 18.8 Å². The predicted molar refractivity (Wildman–Crippen MR) is 117 cm³/mol. The van der Waals surface area contributed by atoms with Crippen molar-refractivity contribution in [2.75, 3.05) is 25.0 Å². The molecule has 0 bridgehead atoms. The van der Waals surface area contributed by atoms with Crippen LogP contribution in [0.5, 0.6) is 0 Å². The Labute approximate surface area is 173 Å². The summed E-state index contributed by atoms with van der Waals surface area (Å²) in [5.41, 5.74) is 3.17. The number of carbonyl (C=O) groups is 2.